The third kappa shape index (κ3) is 4.20. The van der Waals surface area contributed by atoms with E-state index >= 15 is 0 Å². The molecule has 2 aromatic rings. The smallest absolute Gasteiger partial charge is 0.242 e. The van der Waals surface area contributed by atoms with E-state index in [1.807, 2.05) is 36.7 Å². The maximum absolute atomic E-state index is 12.1. The number of fused-ring (bicyclic) bond motifs is 1. The molecule has 1 heterocycles. The van der Waals surface area contributed by atoms with Crippen LogP contribution >= 0.6 is 0 Å². The van der Waals surface area contributed by atoms with Crippen LogP contribution in [0.2, 0.25) is 0 Å². The molecule has 2 amide bonds. The van der Waals surface area contributed by atoms with E-state index in [0.717, 1.165) is 16.5 Å². The van der Waals surface area contributed by atoms with Gasteiger partial charge >= 0.3 is 0 Å². The first-order valence-electron chi connectivity index (χ1n) is 7.71. The number of nitrogens with two attached hydrogens (primary N) is 1. The average Bonchev–Trinajstić information content (AvgIpc) is 2.97. The maximum Gasteiger partial charge on any atom is 0.242 e. The van der Waals surface area contributed by atoms with Crippen molar-refractivity contribution in [1.82, 2.24) is 15.6 Å². The molecule has 0 aliphatic heterocycles. The molecule has 0 spiro atoms. The number of rotatable bonds is 7. The molecule has 0 fully saturated rings. The zero-order chi connectivity index (χ0) is 17.7. The number of amides is 2. The van der Waals surface area contributed by atoms with Gasteiger partial charge in [-0.25, -0.2) is 0 Å². The SMILES string of the molecule is C[C@H](NC(=O)[C@@H](C)N)C(=O)N[C@H]([C]=O)Cc1c[nH]c2ccccc12. The first kappa shape index (κ1) is 17.7. The molecule has 5 N–H and O–H groups in total. The third-order valence-corrected chi connectivity index (χ3v) is 3.72. The highest BCUT2D eigenvalue weighted by Gasteiger charge is 2.21. The van der Waals surface area contributed by atoms with Crippen molar-refractivity contribution in [3.05, 3.63) is 36.0 Å². The molecular formula is C17H21N4O3. The van der Waals surface area contributed by atoms with E-state index < -0.39 is 29.9 Å². The van der Waals surface area contributed by atoms with E-state index in [-0.39, 0.29) is 0 Å². The molecular weight excluding hydrogens is 308 g/mol. The molecule has 1 aromatic carbocycles. The first-order valence-corrected chi connectivity index (χ1v) is 7.71. The van der Waals surface area contributed by atoms with Gasteiger partial charge in [-0.1, -0.05) is 18.2 Å². The Morgan fingerprint density at radius 1 is 1.21 bits per heavy atom. The van der Waals surface area contributed by atoms with E-state index in [9.17, 15) is 14.4 Å². The lowest BCUT2D eigenvalue weighted by Gasteiger charge is -2.18. The number of nitrogens with one attached hydrogen (secondary N) is 3. The number of carbonyl (C=O) groups is 2. The Kier molecular flexibility index (Phi) is 5.70. The normalized spacial score (nSPS) is 14.6. The summed E-state index contributed by atoms with van der Waals surface area (Å²) in [5, 5.41) is 6.06. The van der Waals surface area contributed by atoms with Gasteiger partial charge < -0.3 is 21.4 Å². The van der Waals surface area contributed by atoms with E-state index in [4.69, 9.17) is 5.73 Å². The standard InChI is InChI=1S/C17H21N4O3/c1-10(18)16(23)20-11(2)17(24)21-13(9-22)7-12-8-19-15-6-4-3-5-14(12)15/h3-6,8,10-11,13,19H,7,18H2,1-2H3,(H,20,23)(H,21,24)/t10-,11+,13+/m1/s1. The van der Waals surface area contributed by atoms with E-state index in [0.29, 0.717) is 6.42 Å². The van der Waals surface area contributed by atoms with Gasteiger partial charge in [0, 0.05) is 23.5 Å². The largest absolute Gasteiger partial charge is 0.361 e. The zero-order valence-electron chi connectivity index (χ0n) is 13.6. The summed E-state index contributed by atoms with van der Waals surface area (Å²) in [4.78, 5) is 37.9. The van der Waals surface area contributed by atoms with Gasteiger partial charge in [-0.05, 0) is 25.5 Å². The third-order valence-electron chi connectivity index (χ3n) is 3.72. The van der Waals surface area contributed by atoms with Crippen molar-refractivity contribution >= 4 is 29.0 Å². The zero-order valence-corrected chi connectivity index (χ0v) is 13.6. The summed E-state index contributed by atoms with van der Waals surface area (Å²) in [5.74, 6) is -0.891. The van der Waals surface area contributed by atoms with Crippen LogP contribution in [0.1, 0.15) is 19.4 Å². The number of hydrogen-bond donors (Lipinski definition) is 4. The van der Waals surface area contributed by atoms with Crippen molar-refractivity contribution in [1.29, 1.82) is 0 Å². The maximum atomic E-state index is 12.1. The van der Waals surface area contributed by atoms with Crippen LogP contribution in [-0.4, -0.2) is 41.2 Å². The topological polar surface area (TPSA) is 117 Å². The van der Waals surface area contributed by atoms with Crippen molar-refractivity contribution in [2.45, 2.75) is 38.4 Å². The molecule has 2 rings (SSSR count). The van der Waals surface area contributed by atoms with E-state index in [1.165, 1.54) is 13.8 Å². The fraction of sp³-hybridized carbons (Fsp3) is 0.353. The highest BCUT2D eigenvalue weighted by atomic mass is 16.2. The fourth-order valence-electron chi connectivity index (χ4n) is 2.35. The van der Waals surface area contributed by atoms with Gasteiger partial charge in [0.05, 0.1) is 12.1 Å². The molecule has 7 heteroatoms. The summed E-state index contributed by atoms with van der Waals surface area (Å²) in [6.45, 7) is 3.06. The van der Waals surface area contributed by atoms with Crippen LogP contribution in [0.4, 0.5) is 0 Å². The molecule has 0 unspecified atom stereocenters. The van der Waals surface area contributed by atoms with Crippen LogP contribution in [0.15, 0.2) is 30.5 Å². The Morgan fingerprint density at radius 3 is 2.58 bits per heavy atom. The quantitative estimate of drug-likeness (QED) is 0.579. The summed E-state index contributed by atoms with van der Waals surface area (Å²) in [6.07, 6.45) is 3.95. The predicted octanol–water partition coefficient (Wildman–Crippen LogP) is 0.157. The lowest BCUT2D eigenvalue weighted by Crippen LogP contribution is -2.52. The van der Waals surface area contributed by atoms with Gasteiger partial charge in [0.2, 0.25) is 18.1 Å². The molecule has 7 nitrogen and oxygen atoms in total. The second-order valence-corrected chi connectivity index (χ2v) is 5.76. The predicted molar refractivity (Wildman–Crippen MR) is 90.9 cm³/mol. The van der Waals surface area contributed by atoms with E-state index in [1.54, 1.807) is 0 Å². The lowest BCUT2D eigenvalue weighted by molar-refractivity contribution is -0.129. The molecule has 0 saturated carbocycles. The van der Waals surface area contributed by atoms with Crippen molar-refractivity contribution < 1.29 is 14.4 Å². The van der Waals surface area contributed by atoms with Gasteiger partial charge in [0.25, 0.3) is 0 Å². The number of aromatic nitrogens is 1. The van der Waals surface area contributed by atoms with Crippen LogP contribution in [-0.2, 0) is 20.8 Å². The van der Waals surface area contributed by atoms with Gasteiger partial charge in [-0.2, -0.15) is 0 Å². The van der Waals surface area contributed by atoms with Crippen molar-refractivity contribution in [2.24, 2.45) is 5.73 Å². The Balaban J connectivity index is 2.00. The highest BCUT2D eigenvalue weighted by Crippen LogP contribution is 2.18. The Morgan fingerprint density at radius 2 is 1.92 bits per heavy atom. The number of hydrogen-bond acceptors (Lipinski definition) is 4. The number of carbonyl (C=O) groups excluding carboxylic acids is 3. The Bertz CT molecular complexity index is 738. The van der Waals surface area contributed by atoms with Crippen LogP contribution in [0.5, 0.6) is 0 Å². The van der Waals surface area contributed by atoms with Gasteiger partial charge in [0.1, 0.15) is 6.04 Å². The number of aromatic amines is 1. The molecule has 127 valence electrons. The van der Waals surface area contributed by atoms with Crippen molar-refractivity contribution in [3.63, 3.8) is 0 Å². The Labute approximate surface area is 140 Å². The van der Waals surface area contributed by atoms with E-state index in [2.05, 4.69) is 15.6 Å². The van der Waals surface area contributed by atoms with Crippen LogP contribution < -0.4 is 16.4 Å². The van der Waals surface area contributed by atoms with Gasteiger partial charge in [0.15, 0.2) is 0 Å². The minimum Gasteiger partial charge on any atom is -0.361 e. The summed E-state index contributed by atoms with van der Waals surface area (Å²) in [6, 6.07) is 5.40. The Hall–Kier alpha value is -2.67. The number of H-pyrrole nitrogens is 1. The number of para-hydroxylation sites is 1. The summed E-state index contributed by atoms with van der Waals surface area (Å²) >= 11 is 0. The summed E-state index contributed by atoms with van der Waals surface area (Å²) in [7, 11) is 0. The lowest BCUT2D eigenvalue weighted by atomic mass is 10.1. The molecule has 1 radical (unpaired) electrons. The van der Waals surface area contributed by atoms with Crippen LogP contribution in [0, 0.1) is 0 Å². The number of benzene rings is 1. The minimum atomic E-state index is -0.800. The molecule has 1 aromatic heterocycles. The summed E-state index contributed by atoms with van der Waals surface area (Å²) in [5.41, 5.74) is 7.31. The molecule has 0 bridgehead atoms. The van der Waals surface area contributed by atoms with Crippen LogP contribution in [0.3, 0.4) is 0 Å². The fourth-order valence-corrected chi connectivity index (χ4v) is 2.35. The molecule has 0 aliphatic rings. The van der Waals surface area contributed by atoms with Crippen molar-refractivity contribution in [3.8, 4) is 0 Å². The summed E-state index contributed by atoms with van der Waals surface area (Å²) < 4.78 is 0. The monoisotopic (exact) mass is 329 g/mol. The second-order valence-electron chi connectivity index (χ2n) is 5.76. The molecule has 24 heavy (non-hydrogen) atoms. The average molecular weight is 329 g/mol. The van der Waals surface area contributed by atoms with Crippen molar-refractivity contribution in [2.75, 3.05) is 0 Å². The second kappa shape index (κ2) is 7.74. The molecule has 0 aliphatic carbocycles. The highest BCUT2D eigenvalue weighted by molar-refractivity contribution is 5.90. The first-order chi connectivity index (χ1) is 11.4. The minimum absolute atomic E-state index is 0.313. The molecule has 0 saturated heterocycles. The van der Waals surface area contributed by atoms with Crippen LogP contribution in [0.25, 0.3) is 10.9 Å². The molecule has 3 atom stereocenters. The van der Waals surface area contributed by atoms with Gasteiger partial charge in [-0.15, -0.1) is 0 Å². The van der Waals surface area contributed by atoms with Gasteiger partial charge in [-0.3, -0.25) is 14.4 Å².